The van der Waals surface area contributed by atoms with Crippen molar-refractivity contribution >= 4 is 0 Å². The Labute approximate surface area is 118 Å². The van der Waals surface area contributed by atoms with Gasteiger partial charge in [-0.3, -0.25) is 0 Å². The van der Waals surface area contributed by atoms with Gasteiger partial charge in [-0.2, -0.15) is 0 Å². The van der Waals surface area contributed by atoms with Gasteiger partial charge in [-0.15, -0.1) is 0 Å². The number of hydrogen-bond donors (Lipinski definition) is 0. The summed E-state index contributed by atoms with van der Waals surface area (Å²) in [5, 5.41) is 0. The van der Waals surface area contributed by atoms with E-state index in [9.17, 15) is 0 Å². The van der Waals surface area contributed by atoms with Crippen molar-refractivity contribution in [1.82, 2.24) is 0 Å². The van der Waals surface area contributed by atoms with Gasteiger partial charge in [0.1, 0.15) is 11.9 Å². The molecule has 0 aliphatic carbocycles. The molecule has 0 aromatic heterocycles. The van der Waals surface area contributed by atoms with E-state index in [2.05, 4.69) is 66.3 Å². The fourth-order valence-corrected chi connectivity index (χ4v) is 2.21. The lowest BCUT2D eigenvalue weighted by Crippen LogP contribution is -2.21. The van der Waals surface area contributed by atoms with Crippen LogP contribution in [0.4, 0.5) is 0 Å². The van der Waals surface area contributed by atoms with Crippen LogP contribution in [0.1, 0.15) is 64.5 Å². The minimum atomic E-state index is 0.0670. The maximum atomic E-state index is 6.29. The van der Waals surface area contributed by atoms with Gasteiger partial charge in [0.15, 0.2) is 0 Å². The van der Waals surface area contributed by atoms with E-state index in [0.29, 0.717) is 17.8 Å². The fraction of sp³-hybridized carbons (Fsp3) is 0.556. The molecule has 1 rings (SSSR count). The van der Waals surface area contributed by atoms with Crippen LogP contribution in [0.5, 0.6) is 5.75 Å². The zero-order valence-electron chi connectivity index (χ0n) is 13.2. The van der Waals surface area contributed by atoms with Gasteiger partial charge >= 0.3 is 0 Å². The Hall–Kier alpha value is -1.24. The van der Waals surface area contributed by atoms with Crippen molar-refractivity contribution in [2.75, 3.05) is 0 Å². The van der Waals surface area contributed by atoms with Gasteiger partial charge in [0, 0.05) is 0 Å². The summed E-state index contributed by atoms with van der Waals surface area (Å²) in [4.78, 5) is 0. The first kappa shape index (κ1) is 15.8. The maximum Gasteiger partial charge on any atom is 0.127 e. The minimum Gasteiger partial charge on any atom is -0.486 e. The van der Waals surface area contributed by atoms with Crippen molar-refractivity contribution in [1.29, 1.82) is 0 Å². The summed E-state index contributed by atoms with van der Waals surface area (Å²) in [7, 11) is 0. The molecule has 0 bridgehead atoms. The van der Waals surface area contributed by atoms with Crippen LogP contribution in [-0.4, -0.2) is 6.10 Å². The van der Waals surface area contributed by atoms with E-state index in [1.807, 2.05) is 6.08 Å². The van der Waals surface area contributed by atoms with Crippen molar-refractivity contribution in [3.63, 3.8) is 0 Å². The fourth-order valence-electron chi connectivity index (χ4n) is 2.21. The van der Waals surface area contributed by atoms with Crippen LogP contribution >= 0.6 is 0 Å². The Morgan fingerprint density at radius 3 is 1.74 bits per heavy atom. The molecule has 0 spiro atoms. The summed E-state index contributed by atoms with van der Waals surface area (Å²) >= 11 is 0. The molecule has 1 heteroatoms. The monoisotopic (exact) mass is 260 g/mol. The predicted octanol–water partition coefficient (Wildman–Crippen LogP) is 5.52. The standard InChI is InChI=1S/C18H28O/c1-8-17(14(6)7)19-18-15(12(2)3)10-9-11-16(18)13(4)5/h8-14,17H,1H2,2-7H3. The summed E-state index contributed by atoms with van der Waals surface area (Å²) in [6, 6.07) is 6.48. The Morgan fingerprint density at radius 1 is 0.947 bits per heavy atom. The molecule has 0 fully saturated rings. The van der Waals surface area contributed by atoms with E-state index in [0.717, 1.165) is 5.75 Å². The smallest absolute Gasteiger partial charge is 0.127 e. The number of para-hydroxylation sites is 1. The molecule has 0 aliphatic heterocycles. The number of ether oxygens (including phenoxy) is 1. The molecular formula is C18H28O. The molecule has 1 atom stereocenters. The van der Waals surface area contributed by atoms with Gasteiger partial charge in [-0.1, -0.05) is 72.4 Å². The molecule has 0 aliphatic rings. The van der Waals surface area contributed by atoms with Gasteiger partial charge in [0.2, 0.25) is 0 Å². The lowest BCUT2D eigenvalue weighted by molar-refractivity contribution is 0.193. The molecule has 0 heterocycles. The third-order valence-electron chi connectivity index (χ3n) is 3.46. The van der Waals surface area contributed by atoms with Gasteiger partial charge in [-0.05, 0) is 28.9 Å². The predicted molar refractivity (Wildman–Crippen MR) is 84.1 cm³/mol. The average Bonchev–Trinajstić information content (AvgIpc) is 2.34. The molecular weight excluding hydrogens is 232 g/mol. The van der Waals surface area contributed by atoms with E-state index in [4.69, 9.17) is 4.74 Å². The SMILES string of the molecule is C=CC(Oc1c(C(C)C)cccc1C(C)C)C(C)C. The molecule has 0 saturated heterocycles. The molecule has 1 nitrogen and oxygen atoms in total. The normalized spacial score (nSPS) is 13.1. The van der Waals surface area contributed by atoms with Crippen LogP contribution < -0.4 is 4.74 Å². The van der Waals surface area contributed by atoms with Crippen molar-refractivity contribution in [2.45, 2.75) is 59.5 Å². The first-order valence-corrected chi connectivity index (χ1v) is 7.30. The Balaban J connectivity index is 3.24. The van der Waals surface area contributed by atoms with Gasteiger partial charge in [0.05, 0.1) is 0 Å². The highest BCUT2D eigenvalue weighted by Crippen LogP contribution is 2.35. The van der Waals surface area contributed by atoms with Crippen LogP contribution in [0.3, 0.4) is 0 Å². The lowest BCUT2D eigenvalue weighted by atomic mass is 9.93. The second kappa shape index (κ2) is 6.79. The molecule has 1 aromatic carbocycles. The second-order valence-corrected chi connectivity index (χ2v) is 6.14. The van der Waals surface area contributed by atoms with Crippen molar-refractivity contribution < 1.29 is 4.74 Å². The zero-order valence-corrected chi connectivity index (χ0v) is 13.2. The molecule has 1 aromatic rings. The first-order valence-electron chi connectivity index (χ1n) is 7.30. The van der Waals surface area contributed by atoms with E-state index in [1.54, 1.807) is 0 Å². The van der Waals surface area contributed by atoms with Gasteiger partial charge in [0.25, 0.3) is 0 Å². The largest absolute Gasteiger partial charge is 0.486 e. The summed E-state index contributed by atoms with van der Waals surface area (Å²) in [5.41, 5.74) is 2.58. The van der Waals surface area contributed by atoms with E-state index >= 15 is 0 Å². The van der Waals surface area contributed by atoms with Crippen LogP contribution in [0.25, 0.3) is 0 Å². The Morgan fingerprint density at radius 2 is 1.42 bits per heavy atom. The third-order valence-corrected chi connectivity index (χ3v) is 3.46. The number of benzene rings is 1. The summed E-state index contributed by atoms with van der Waals surface area (Å²) in [6.45, 7) is 17.1. The average molecular weight is 260 g/mol. The third kappa shape index (κ3) is 3.86. The topological polar surface area (TPSA) is 9.23 Å². The molecule has 19 heavy (non-hydrogen) atoms. The molecule has 0 radical (unpaired) electrons. The van der Waals surface area contributed by atoms with Crippen molar-refractivity contribution in [3.05, 3.63) is 42.0 Å². The first-order chi connectivity index (χ1) is 8.88. The number of hydrogen-bond acceptors (Lipinski definition) is 1. The van der Waals surface area contributed by atoms with Crippen LogP contribution in [0, 0.1) is 5.92 Å². The van der Waals surface area contributed by atoms with Crippen molar-refractivity contribution in [2.24, 2.45) is 5.92 Å². The van der Waals surface area contributed by atoms with Gasteiger partial charge < -0.3 is 4.74 Å². The molecule has 0 saturated carbocycles. The molecule has 1 unspecified atom stereocenters. The van der Waals surface area contributed by atoms with Crippen LogP contribution in [-0.2, 0) is 0 Å². The van der Waals surface area contributed by atoms with Crippen LogP contribution in [0.2, 0.25) is 0 Å². The highest BCUT2D eigenvalue weighted by Gasteiger charge is 2.19. The summed E-state index contributed by atoms with van der Waals surface area (Å²) in [5.74, 6) is 2.42. The summed E-state index contributed by atoms with van der Waals surface area (Å²) in [6.07, 6.45) is 1.98. The van der Waals surface area contributed by atoms with Crippen LogP contribution in [0.15, 0.2) is 30.9 Å². The number of rotatable bonds is 6. The second-order valence-electron chi connectivity index (χ2n) is 6.14. The zero-order chi connectivity index (χ0) is 14.6. The lowest BCUT2D eigenvalue weighted by Gasteiger charge is -2.25. The summed E-state index contributed by atoms with van der Waals surface area (Å²) < 4.78 is 6.29. The molecule has 0 N–H and O–H groups in total. The highest BCUT2D eigenvalue weighted by atomic mass is 16.5. The molecule has 106 valence electrons. The quantitative estimate of drug-likeness (QED) is 0.612. The maximum absolute atomic E-state index is 6.29. The van der Waals surface area contributed by atoms with E-state index < -0.39 is 0 Å². The van der Waals surface area contributed by atoms with Crippen molar-refractivity contribution in [3.8, 4) is 5.75 Å². The highest BCUT2D eigenvalue weighted by molar-refractivity contribution is 5.45. The van der Waals surface area contributed by atoms with E-state index in [1.165, 1.54) is 11.1 Å². The Bertz CT molecular complexity index is 389. The Kier molecular flexibility index (Phi) is 5.65. The minimum absolute atomic E-state index is 0.0670. The van der Waals surface area contributed by atoms with Gasteiger partial charge in [-0.25, -0.2) is 0 Å². The molecule has 0 amide bonds. The van der Waals surface area contributed by atoms with E-state index in [-0.39, 0.29) is 6.10 Å².